The van der Waals surface area contributed by atoms with Gasteiger partial charge in [0.05, 0.1) is 0 Å². The number of benzene rings is 1. The van der Waals surface area contributed by atoms with Crippen LogP contribution in [0.5, 0.6) is 11.5 Å². The average molecular weight is 177 g/mol. The molecule has 66 valence electrons. The van der Waals surface area contributed by atoms with E-state index in [0.29, 0.717) is 11.5 Å². The second kappa shape index (κ2) is 4.12. The standard InChI is InChI=1S/C9H7NO3/c1-7(11)13-9-4-2-8(3-5-9)12-6-10/h2-5H,1H3. The summed E-state index contributed by atoms with van der Waals surface area (Å²) < 4.78 is 9.30. The first kappa shape index (κ1) is 9.07. The van der Waals surface area contributed by atoms with Crippen LogP contribution < -0.4 is 9.47 Å². The number of carbonyl (C=O) groups is 1. The van der Waals surface area contributed by atoms with Gasteiger partial charge in [0.1, 0.15) is 11.5 Å². The zero-order chi connectivity index (χ0) is 9.68. The molecule has 0 aliphatic rings. The van der Waals surface area contributed by atoms with Gasteiger partial charge >= 0.3 is 5.97 Å². The van der Waals surface area contributed by atoms with Crippen LogP contribution in [-0.2, 0) is 4.79 Å². The Kier molecular flexibility index (Phi) is 2.87. The molecule has 1 rings (SSSR count). The molecule has 0 radical (unpaired) electrons. The highest BCUT2D eigenvalue weighted by molar-refractivity contribution is 5.69. The van der Waals surface area contributed by atoms with E-state index in [1.165, 1.54) is 13.2 Å². The molecule has 0 saturated carbocycles. The molecule has 0 atom stereocenters. The molecule has 0 aliphatic heterocycles. The van der Waals surface area contributed by atoms with E-state index in [-0.39, 0.29) is 5.97 Å². The van der Waals surface area contributed by atoms with Crippen molar-refractivity contribution >= 4 is 5.97 Å². The summed E-state index contributed by atoms with van der Waals surface area (Å²) in [7, 11) is 0. The first-order valence-electron chi connectivity index (χ1n) is 3.57. The van der Waals surface area contributed by atoms with Crippen molar-refractivity contribution in [3.8, 4) is 17.8 Å². The van der Waals surface area contributed by atoms with Crippen LogP contribution in [-0.4, -0.2) is 5.97 Å². The van der Waals surface area contributed by atoms with E-state index in [9.17, 15) is 4.79 Å². The van der Waals surface area contributed by atoms with Gasteiger partial charge in [-0.25, -0.2) is 0 Å². The van der Waals surface area contributed by atoms with Crippen LogP contribution >= 0.6 is 0 Å². The maximum absolute atomic E-state index is 10.5. The van der Waals surface area contributed by atoms with Crippen LogP contribution in [0.2, 0.25) is 0 Å². The molecule has 0 N–H and O–H groups in total. The third-order valence-corrected chi connectivity index (χ3v) is 1.25. The van der Waals surface area contributed by atoms with Crippen LogP contribution in [0.25, 0.3) is 0 Å². The van der Waals surface area contributed by atoms with E-state index in [2.05, 4.69) is 4.74 Å². The highest BCUT2D eigenvalue weighted by atomic mass is 16.5. The van der Waals surface area contributed by atoms with Gasteiger partial charge in [0, 0.05) is 6.92 Å². The molecule has 0 unspecified atom stereocenters. The molecule has 1 aromatic rings. The summed E-state index contributed by atoms with van der Waals surface area (Å²) in [6, 6.07) is 6.19. The van der Waals surface area contributed by atoms with Crippen molar-refractivity contribution in [1.82, 2.24) is 0 Å². The predicted molar refractivity (Wildman–Crippen MR) is 44.0 cm³/mol. The van der Waals surface area contributed by atoms with Crippen molar-refractivity contribution < 1.29 is 14.3 Å². The van der Waals surface area contributed by atoms with E-state index in [1.807, 2.05) is 0 Å². The third kappa shape index (κ3) is 2.83. The maximum atomic E-state index is 10.5. The molecule has 4 nitrogen and oxygen atoms in total. The lowest BCUT2D eigenvalue weighted by Gasteiger charge is -2.00. The molecule has 0 spiro atoms. The van der Waals surface area contributed by atoms with Gasteiger partial charge in [-0.3, -0.25) is 4.79 Å². The fourth-order valence-corrected chi connectivity index (χ4v) is 0.794. The molecule has 13 heavy (non-hydrogen) atoms. The predicted octanol–water partition coefficient (Wildman–Crippen LogP) is 1.47. The molecular formula is C9H7NO3. The van der Waals surface area contributed by atoms with Gasteiger partial charge in [-0.15, -0.1) is 5.26 Å². The highest BCUT2D eigenvalue weighted by Crippen LogP contribution is 2.17. The highest BCUT2D eigenvalue weighted by Gasteiger charge is 1.98. The monoisotopic (exact) mass is 177 g/mol. The van der Waals surface area contributed by atoms with Crippen LogP contribution in [0, 0.1) is 11.5 Å². The first-order chi connectivity index (χ1) is 6.22. The number of carbonyl (C=O) groups excluding carboxylic acids is 1. The summed E-state index contributed by atoms with van der Waals surface area (Å²) in [6.07, 6.45) is 1.54. The van der Waals surface area contributed by atoms with Gasteiger partial charge in [-0.1, -0.05) is 0 Å². The summed E-state index contributed by atoms with van der Waals surface area (Å²) in [5.74, 6) is 0.463. The van der Waals surface area contributed by atoms with Crippen molar-refractivity contribution in [2.45, 2.75) is 6.92 Å². The molecule has 0 fully saturated rings. The topological polar surface area (TPSA) is 59.3 Å². The second-order valence-corrected chi connectivity index (χ2v) is 2.26. The molecule has 0 amide bonds. The van der Waals surface area contributed by atoms with E-state index in [4.69, 9.17) is 10.00 Å². The third-order valence-electron chi connectivity index (χ3n) is 1.25. The Morgan fingerprint density at radius 2 is 1.85 bits per heavy atom. The molecule has 0 heterocycles. The molecule has 0 aromatic heterocycles. The number of rotatable bonds is 2. The van der Waals surface area contributed by atoms with E-state index in [1.54, 1.807) is 24.3 Å². The lowest BCUT2D eigenvalue weighted by atomic mass is 10.3. The normalized spacial score (nSPS) is 8.62. The van der Waals surface area contributed by atoms with Crippen molar-refractivity contribution in [3.63, 3.8) is 0 Å². The van der Waals surface area contributed by atoms with Crippen molar-refractivity contribution in [2.24, 2.45) is 0 Å². The second-order valence-electron chi connectivity index (χ2n) is 2.26. The van der Waals surface area contributed by atoms with Crippen LogP contribution in [0.15, 0.2) is 24.3 Å². The van der Waals surface area contributed by atoms with Gasteiger partial charge in [-0.05, 0) is 24.3 Å². The number of nitriles is 1. The first-order valence-corrected chi connectivity index (χ1v) is 3.57. The van der Waals surface area contributed by atoms with Gasteiger partial charge in [0.25, 0.3) is 6.26 Å². The van der Waals surface area contributed by atoms with Crippen molar-refractivity contribution in [3.05, 3.63) is 24.3 Å². The lowest BCUT2D eigenvalue weighted by Crippen LogP contribution is -2.00. The maximum Gasteiger partial charge on any atom is 0.308 e. The summed E-state index contributed by atoms with van der Waals surface area (Å²) in [5, 5.41) is 8.18. The number of nitrogens with zero attached hydrogens (tertiary/aromatic N) is 1. The van der Waals surface area contributed by atoms with Gasteiger partial charge in [-0.2, -0.15) is 0 Å². The summed E-state index contributed by atoms with van der Waals surface area (Å²) in [5.41, 5.74) is 0. The molecule has 0 bridgehead atoms. The number of hydrogen-bond acceptors (Lipinski definition) is 4. The van der Waals surface area contributed by atoms with E-state index in [0.717, 1.165) is 0 Å². The molecular weight excluding hydrogens is 170 g/mol. The summed E-state index contributed by atoms with van der Waals surface area (Å²) >= 11 is 0. The zero-order valence-electron chi connectivity index (χ0n) is 6.98. The molecule has 0 aliphatic carbocycles. The number of ether oxygens (including phenoxy) is 2. The fraction of sp³-hybridized carbons (Fsp3) is 0.111. The van der Waals surface area contributed by atoms with Crippen molar-refractivity contribution in [2.75, 3.05) is 0 Å². The van der Waals surface area contributed by atoms with Gasteiger partial charge < -0.3 is 9.47 Å². The average Bonchev–Trinajstić information content (AvgIpc) is 2.08. The van der Waals surface area contributed by atoms with Crippen LogP contribution in [0.4, 0.5) is 0 Å². The minimum absolute atomic E-state index is 0.381. The molecule has 0 saturated heterocycles. The quantitative estimate of drug-likeness (QED) is 0.390. The molecule has 1 aromatic carbocycles. The lowest BCUT2D eigenvalue weighted by molar-refractivity contribution is -0.131. The minimum Gasteiger partial charge on any atom is -0.427 e. The fourth-order valence-electron chi connectivity index (χ4n) is 0.794. The van der Waals surface area contributed by atoms with E-state index >= 15 is 0 Å². The van der Waals surface area contributed by atoms with Crippen molar-refractivity contribution in [1.29, 1.82) is 5.26 Å². The molecule has 4 heteroatoms. The van der Waals surface area contributed by atoms with Gasteiger partial charge in [0.2, 0.25) is 0 Å². The van der Waals surface area contributed by atoms with Gasteiger partial charge in [0.15, 0.2) is 0 Å². The minimum atomic E-state index is -0.381. The SMILES string of the molecule is CC(=O)Oc1ccc(OC#N)cc1. The number of hydrogen-bond donors (Lipinski definition) is 0. The Morgan fingerprint density at radius 3 is 2.31 bits per heavy atom. The Bertz CT molecular complexity index is 337. The Labute approximate surface area is 75.3 Å². The largest absolute Gasteiger partial charge is 0.427 e. The summed E-state index contributed by atoms with van der Waals surface area (Å²) in [4.78, 5) is 10.5. The zero-order valence-corrected chi connectivity index (χ0v) is 6.98. The smallest absolute Gasteiger partial charge is 0.308 e. The Morgan fingerprint density at radius 1 is 1.31 bits per heavy atom. The Hall–Kier alpha value is -2.02. The summed E-state index contributed by atoms with van der Waals surface area (Å²) in [6.45, 7) is 1.32. The Balaban J connectivity index is 2.70. The van der Waals surface area contributed by atoms with Crippen LogP contribution in [0.3, 0.4) is 0 Å². The van der Waals surface area contributed by atoms with E-state index < -0.39 is 0 Å². The van der Waals surface area contributed by atoms with Crippen LogP contribution in [0.1, 0.15) is 6.92 Å². The number of esters is 1.